The lowest BCUT2D eigenvalue weighted by atomic mass is 10.2. The average Bonchev–Trinajstić information content (AvgIpc) is 2.53. The van der Waals surface area contributed by atoms with E-state index in [4.69, 9.17) is 0 Å². The highest BCUT2D eigenvalue weighted by Crippen LogP contribution is 2.31. The maximum absolute atomic E-state index is 11.8. The zero-order valence-corrected chi connectivity index (χ0v) is 13.7. The lowest BCUT2D eigenvalue weighted by Gasteiger charge is -2.05. The molecule has 124 valence electrons. The van der Waals surface area contributed by atoms with Gasteiger partial charge in [0, 0.05) is 23.9 Å². The maximum atomic E-state index is 11.8. The van der Waals surface area contributed by atoms with E-state index in [1.165, 1.54) is 12.1 Å². The van der Waals surface area contributed by atoms with Gasteiger partial charge < -0.3 is 15.5 Å². The van der Waals surface area contributed by atoms with E-state index in [2.05, 4.69) is 26.2 Å². The third-order valence-corrected chi connectivity index (χ3v) is 3.54. The molecule has 0 saturated heterocycles. The monoisotopic (exact) mass is 393 g/mol. The number of carbonyl (C=O) groups is 1. The first-order valence-electron chi connectivity index (χ1n) is 6.63. The molecule has 1 amide bonds. The van der Waals surface area contributed by atoms with Crippen LogP contribution in [-0.4, -0.2) is 33.8 Å². The molecule has 2 aromatic carbocycles. The van der Waals surface area contributed by atoms with Crippen molar-refractivity contribution in [1.82, 2.24) is 0 Å². The third kappa shape index (κ3) is 4.29. The van der Waals surface area contributed by atoms with Gasteiger partial charge in [-0.1, -0.05) is 12.1 Å². The molecule has 2 aromatic rings. The summed E-state index contributed by atoms with van der Waals surface area (Å²) in [6.45, 7) is -0.284. The molecule has 0 spiro atoms. The Labute approximate surface area is 144 Å². The molecule has 9 heteroatoms. The number of non-ortho nitro benzene ring substituents is 1. The van der Waals surface area contributed by atoms with E-state index >= 15 is 0 Å². The molecule has 0 bridgehead atoms. The highest BCUT2D eigenvalue weighted by molar-refractivity contribution is 9.10. The number of hydrogen-bond donors (Lipinski definition) is 3. The topological polar surface area (TPSA) is 125 Å². The van der Waals surface area contributed by atoms with Crippen molar-refractivity contribution in [3.63, 3.8) is 0 Å². The number of para-hydroxylation sites is 2. The zero-order chi connectivity index (χ0) is 17.7. The number of benzene rings is 2. The molecule has 0 aromatic heterocycles. The van der Waals surface area contributed by atoms with Crippen molar-refractivity contribution in [2.24, 2.45) is 4.99 Å². The van der Waals surface area contributed by atoms with Crippen LogP contribution >= 0.6 is 15.9 Å². The van der Waals surface area contributed by atoms with Crippen LogP contribution in [0.2, 0.25) is 0 Å². The predicted molar refractivity (Wildman–Crippen MR) is 91.7 cm³/mol. The number of anilines is 1. The van der Waals surface area contributed by atoms with E-state index in [0.717, 1.165) is 18.3 Å². The van der Waals surface area contributed by atoms with Gasteiger partial charge >= 0.3 is 0 Å². The maximum Gasteiger partial charge on any atom is 0.271 e. The molecule has 0 unspecified atom stereocenters. The Balaban J connectivity index is 2.07. The number of amides is 1. The van der Waals surface area contributed by atoms with Gasteiger partial charge in [-0.25, -0.2) is 0 Å². The number of hydrogen-bond acceptors (Lipinski definition) is 6. The van der Waals surface area contributed by atoms with Crippen LogP contribution in [0.5, 0.6) is 11.5 Å². The molecule has 0 aliphatic carbocycles. The smallest absolute Gasteiger partial charge is 0.271 e. The van der Waals surface area contributed by atoms with E-state index in [1.54, 1.807) is 12.1 Å². The Morgan fingerprint density at radius 3 is 2.71 bits per heavy atom. The first-order valence-corrected chi connectivity index (χ1v) is 7.42. The number of aromatic hydroxyl groups is 2. The molecule has 0 saturated carbocycles. The normalized spacial score (nSPS) is 10.7. The summed E-state index contributed by atoms with van der Waals surface area (Å²) in [6.07, 6.45) is 1.16. The van der Waals surface area contributed by atoms with Crippen LogP contribution in [-0.2, 0) is 4.79 Å². The van der Waals surface area contributed by atoms with Gasteiger partial charge in [0.15, 0.2) is 0 Å². The largest absolute Gasteiger partial charge is 0.506 e. The van der Waals surface area contributed by atoms with Crippen LogP contribution in [0.1, 0.15) is 5.56 Å². The minimum atomic E-state index is -0.605. The van der Waals surface area contributed by atoms with Crippen LogP contribution in [0.4, 0.5) is 11.4 Å². The molecule has 24 heavy (non-hydrogen) atoms. The predicted octanol–water partition coefficient (Wildman–Crippen LogP) is 2.83. The number of phenols is 2. The van der Waals surface area contributed by atoms with Crippen LogP contribution in [0.25, 0.3) is 0 Å². The highest BCUT2D eigenvalue weighted by Gasteiger charge is 2.13. The van der Waals surface area contributed by atoms with Gasteiger partial charge in [0.05, 0.1) is 15.1 Å². The summed E-state index contributed by atoms with van der Waals surface area (Å²) in [7, 11) is 0. The zero-order valence-electron chi connectivity index (χ0n) is 12.1. The van der Waals surface area contributed by atoms with Crippen LogP contribution in [0, 0.1) is 10.1 Å². The number of nitrogens with zero attached hydrogens (tertiary/aromatic N) is 2. The van der Waals surface area contributed by atoms with Crippen LogP contribution in [0.15, 0.2) is 45.9 Å². The van der Waals surface area contributed by atoms with E-state index < -0.39 is 10.8 Å². The number of carbonyl (C=O) groups excluding carboxylic acids is 1. The molecule has 0 heterocycles. The van der Waals surface area contributed by atoms with Crippen molar-refractivity contribution in [2.45, 2.75) is 0 Å². The van der Waals surface area contributed by atoms with Gasteiger partial charge in [-0.15, -0.1) is 0 Å². The Hall–Kier alpha value is -2.94. The van der Waals surface area contributed by atoms with Crippen molar-refractivity contribution in [3.05, 3.63) is 56.5 Å². The number of nitrogens with one attached hydrogen (secondary N) is 1. The fourth-order valence-electron chi connectivity index (χ4n) is 1.81. The number of halogens is 1. The minimum absolute atomic E-state index is 0.0740. The van der Waals surface area contributed by atoms with Crippen molar-refractivity contribution in [3.8, 4) is 11.5 Å². The summed E-state index contributed by atoms with van der Waals surface area (Å²) < 4.78 is 0.150. The first kappa shape index (κ1) is 17.4. The number of nitro groups is 1. The SMILES string of the molecule is O=C(CN=Cc1cc([N+](=O)[O-])cc(Br)c1O)Nc1ccccc1O. The summed E-state index contributed by atoms with van der Waals surface area (Å²) >= 11 is 3.02. The number of rotatable bonds is 5. The van der Waals surface area contributed by atoms with Crippen molar-refractivity contribution in [1.29, 1.82) is 0 Å². The molecule has 8 nitrogen and oxygen atoms in total. The first-order chi connectivity index (χ1) is 11.4. The van der Waals surface area contributed by atoms with Crippen molar-refractivity contribution in [2.75, 3.05) is 11.9 Å². The summed E-state index contributed by atoms with van der Waals surface area (Å²) in [6, 6.07) is 8.53. The summed E-state index contributed by atoms with van der Waals surface area (Å²) in [5, 5.41) is 32.7. The van der Waals surface area contributed by atoms with Gasteiger partial charge in [-0.3, -0.25) is 19.9 Å². The van der Waals surface area contributed by atoms with Crippen molar-refractivity contribution >= 4 is 39.4 Å². The Morgan fingerprint density at radius 1 is 1.33 bits per heavy atom. The van der Waals surface area contributed by atoms with Crippen molar-refractivity contribution < 1.29 is 19.9 Å². The van der Waals surface area contributed by atoms with E-state index in [0.29, 0.717) is 0 Å². The molecular formula is C15H12BrN3O5. The Morgan fingerprint density at radius 2 is 2.04 bits per heavy atom. The summed E-state index contributed by atoms with van der Waals surface area (Å²) in [4.78, 5) is 25.8. The second-order valence-electron chi connectivity index (χ2n) is 4.66. The van der Waals surface area contributed by atoms with Crippen LogP contribution in [0.3, 0.4) is 0 Å². The Kier molecular flexibility index (Phi) is 5.48. The summed E-state index contributed by atoms with van der Waals surface area (Å²) in [5.74, 6) is -0.780. The van der Waals surface area contributed by atoms with Gasteiger partial charge in [-0.2, -0.15) is 0 Å². The van der Waals surface area contributed by atoms with Crippen LogP contribution < -0.4 is 5.32 Å². The second-order valence-corrected chi connectivity index (χ2v) is 5.51. The summed E-state index contributed by atoms with van der Waals surface area (Å²) in [5.41, 5.74) is 0.129. The molecule has 0 atom stereocenters. The van der Waals surface area contributed by atoms with Gasteiger partial charge in [-0.05, 0) is 28.1 Å². The lowest BCUT2D eigenvalue weighted by Crippen LogP contribution is -2.14. The van der Waals surface area contributed by atoms with E-state index in [9.17, 15) is 25.1 Å². The molecule has 3 N–H and O–H groups in total. The Bertz CT molecular complexity index is 823. The van der Waals surface area contributed by atoms with Gasteiger partial charge in [0.2, 0.25) is 5.91 Å². The standard InChI is InChI=1S/C15H12BrN3O5/c16-11-6-10(19(23)24)5-9(15(11)22)7-17-8-14(21)18-12-3-1-2-4-13(12)20/h1-7,20,22H,8H2,(H,18,21). The number of nitro benzene ring substituents is 1. The quantitative estimate of drug-likeness (QED) is 0.311. The van der Waals surface area contributed by atoms with E-state index in [1.807, 2.05) is 0 Å². The average molecular weight is 394 g/mol. The highest BCUT2D eigenvalue weighted by atomic mass is 79.9. The lowest BCUT2D eigenvalue weighted by molar-refractivity contribution is -0.385. The fourth-order valence-corrected chi connectivity index (χ4v) is 2.27. The van der Waals surface area contributed by atoms with Gasteiger partial charge in [0.1, 0.15) is 18.0 Å². The number of phenolic OH excluding ortho intramolecular Hbond substituents is 2. The molecule has 0 aliphatic rings. The van der Waals surface area contributed by atoms with E-state index in [-0.39, 0.29) is 39.5 Å². The third-order valence-electron chi connectivity index (χ3n) is 2.93. The molecule has 2 rings (SSSR count). The fraction of sp³-hybridized carbons (Fsp3) is 0.0667. The minimum Gasteiger partial charge on any atom is -0.506 e. The number of aliphatic imine (C=N–C) groups is 1. The molecule has 0 fully saturated rings. The van der Waals surface area contributed by atoms with Gasteiger partial charge in [0.25, 0.3) is 5.69 Å². The molecular weight excluding hydrogens is 382 g/mol. The molecule has 0 radical (unpaired) electrons. The molecule has 0 aliphatic heterocycles. The second kappa shape index (κ2) is 7.55.